The summed E-state index contributed by atoms with van der Waals surface area (Å²) in [4.78, 5) is 54.5. The monoisotopic (exact) mass is 715 g/mol. The van der Waals surface area contributed by atoms with Crippen LogP contribution in [0, 0.1) is 6.92 Å². The lowest BCUT2D eigenvalue weighted by Crippen LogP contribution is -2.30. The number of fused-ring (bicyclic) bond motifs is 1. The van der Waals surface area contributed by atoms with E-state index < -0.39 is 17.8 Å². The van der Waals surface area contributed by atoms with Crippen LogP contribution in [0.3, 0.4) is 0 Å². The standard InChI is InChI=1S/C41H37N3O5S2/c1-26-12-9-10-17-29(26)22-34(43-38(46)28-15-7-4-8-16-28)39(47)42-31-18-11-19-32(24-31)50-25-36(45)44-40-37(41(48)49-2)33-21-20-30(23-35(33)51-40)27-13-5-3-6-14-27/h3-19,22,24,30H,20-21,23,25H2,1-2H3,(H,42,47)(H,43,46)(H,44,45)/b34-22-. The van der Waals surface area contributed by atoms with Crippen LogP contribution in [0.4, 0.5) is 10.7 Å². The van der Waals surface area contributed by atoms with Crippen LogP contribution in [-0.4, -0.2) is 36.6 Å². The normalized spacial score (nSPS) is 13.8. The van der Waals surface area contributed by atoms with Crippen molar-refractivity contribution in [3.8, 4) is 0 Å². The Morgan fingerprint density at radius 3 is 2.35 bits per heavy atom. The number of nitrogens with one attached hydrogen (secondary N) is 3. The molecule has 0 saturated carbocycles. The van der Waals surface area contributed by atoms with E-state index in [0.29, 0.717) is 27.7 Å². The number of rotatable bonds is 11. The third-order valence-corrected chi connectivity index (χ3v) is 10.8. The molecule has 0 bridgehead atoms. The van der Waals surface area contributed by atoms with Crippen molar-refractivity contribution in [2.24, 2.45) is 0 Å². The van der Waals surface area contributed by atoms with Gasteiger partial charge in [-0.1, -0.05) is 78.9 Å². The number of aryl methyl sites for hydroxylation is 1. The van der Waals surface area contributed by atoms with Crippen LogP contribution < -0.4 is 16.0 Å². The Balaban J connectivity index is 1.13. The van der Waals surface area contributed by atoms with Crippen molar-refractivity contribution in [1.29, 1.82) is 0 Å². The summed E-state index contributed by atoms with van der Waals surface area (Å²) in [6, 6.07) is 33.8. The smallest absolute Gasteiger partial charge is 0.341 e. The Hall–Kier alpha value is -5.45. The molecule has 3 N–H and O–H groups in total. The van der Waals surface area contributed by atoms with E-state index in [1.165, 1.54) is 35.8 Å². The van der Waals surface area contributed by atoms with Crippen molar-refractivity contribution in [1.82, 2.24) is 5.32 Å². The number of carbonyl (C=O) groups excluding carboxylic acids is 4. The zero-order chi connectivity index (χ0) is 35.7. The number of amides is 3. The molecule has 10 heteroatoms. The molecule has 0 aliphatic heterocycles. The first kappa shape index (κ1) is 35.4. The molecule has 1 aliphatic carbocycles. The number of carbonyl (C=O) groups is 4. The summed E-state index contributed by atoms with van der Waals surface area (Å²) in [6.45, 7) is 1.93. The minimum absolute atomic E-state index is 0.0821. The summed E-state index contributed by atoms with van der Waals surface area (Å²) in [5.41, 5.74) is 5.44. The lowest BCUT2D eigenvalue weighted by molar-refractivity contribution is -0.114. The molecule has 6 rings (SSSR count). The predicted octanol–water partition coefficient (Wildman–Crippen LogP) is 8.26. The van der Waals surface area contributed by atoms with Gasteiger partial charge < -0.3 is 20.7 Å². The fraction of sp³-hybridized carbons (Fsp3) is 0.171. The fourth-order valence-electron chi connectivity index (χ4n) is 6.02. The summed E-state index contributed by atoms with van der Waals surface area (Å²) < 4.78 is 5.12. The minimum Gasteiger partial charge on any atom is -0.465 e. The molecular formula is C41H37N3O5S2. The predicted molar refractivity (Wildman–Crippen MR) is 204 cm³/mol. The molecule has 1 aliphatic rings. The molecule has 0 fully saturated rings. The number of ether oxygens (including phenoxy) is 1. The topological polar surface area (TPSA) is 114 Å². The average Bonchev–Trinajstić information content (AvgIpc) is 3.52. The second-order valence-electron chi connectivity index (χ2n) is 12.1. The van der Waals surface area contributed by atoms with Crippen LogP contribution >= 0.6 is 23.1 Å². The van der Waals surface area contributed by atoms with Gasteiger partial charge in [0.25, 0.3) is 11.8 Å². The molecule has 0 spiro atoms. The van der Waals surface area contributed by atoms with Crippen molar-refractivity contribution in [3.63, 3.8) is 0 Å². The molecule has 1 unspecified atom stereocenters. The fourth-order valence-corrected chi connectivity index (χ4v) is 8.11. The van der Waals surface area contributed by atoms with E-state index in [4.69, 9.17) is 4.74 Å². The van der Waals surface area contributed by atoms with Gasteiger partial charge in [-0.3, -0.25) is 14.4 Å². The van der Waals surface area contributed by atoms with E-state index in [1.54, 1.807) is 48.5 Å². The zero-order valence-corrected chi connectivity index (χ0v) is 29.9. The molecule has 5 aromatic rings. The second kappa shape index (κ2) is 16.5. The van der Waals surface area contributed by atoms with Gasteiger partial charge in [-0.2, -0.15) is 0 Å². The van der Waals surface area contributed by atoms with Gasteiger partial charge in [0.15, 0.2) is 0 Å². The maximum absolute atomic E-state index is 13.6. The highest BCUT2D eigenvalue weighted by Crippen LogP contribution is 2.43. The Labute approximate surface area is 305 Å². The first-order chi connectivity index (χ1) is 24.8. The molecule has 4 aromatic carbocycles. The van der Waals surface area contributed by atoms with Crippen LogP contribution in [0.15, 0.2) is 120 Å². The summed E-state index contributed by atoms with van der Waals surface area (Å²) in [6.07, 6.45) is 4.10. The van der Waals surface area contributed by atoms with Crippen molar-refractivity contribution in [2.75, 3.05) is 23.5 Å². The first-order valence-electron chi connectivity index (χ1n) is 16.5. The molecule has 51 heavy (non-hydrogen) atoms. The lowest BCUT2D eigenvalue weighted by atomic mass is 9.83. The van der Waals surface area contributed by atoms with E-state index >= 15 is 0 Å². The molecule has 258 valence electrons. The molecule has 3 amide bonds. The van der Waals surface area contributed by atoms with E-state index in [2.05, 4.69) is 28.1 Å². The van der Waals surface area contributed by atoms with Crippen LogP contribution in [0.25, 0.3) is 6.08 Å². The molecule has 1 atom stereocenters. The number of methoxy groups -OCH3 is 1. The van der Waals surface area contributed by atoms with Crippen molar-refractivity contribution in [2.45, 2.75) is 37.0 Å². The lowest BCUT2D eigenvalue weighted by Gasteiger charge is -2.22. The second-order valence-corrected chi connectivity index (χ2v) is 14.3. The van der Waals surface area contributed by atoms with E-state index in [-0.39, 0.29) is 17.4 Å². The number of esters is 1. The van der Waals surface area contributed by atoms with Crippen LogP contribution in [-0.2, 0) is 27.2 Å². The van der Waals surface area contributed by atoms with Gasteiger partial charge in [-0.15, -0.1) is 23.1 Å². The molecule has 0 saturated heterocycles. The number of hydrogen-bond donors (Lipinski definition) is 3. The van der Waals surface area contributed by atoms with Gasteiger partial charge in [0.1, 0.15) is 10.7 Å². The summed E-state index contributed by atoms with van der Waals surface area (Å²) in [7, 11) is 1.36. The number of thioether (sulfide) groups is 1. The minimum atomic E-state index is -0.492. The van der Waals surface area contributed by atoms with Crippen molar-refractivity contribution in [3.05, 3.63) is 153 Å². The number of benzene rings is 4. The Kier molecular flexibility index (Phi) is 11.4. The Morgan fingerprint density at radius 1 is 0.882 bits per heavy atom. The highest BCUT2D eigenvalue weighted by Gasteiger charge is 2.30. The number of hydrogen-bond acceptors (Lipinski definition) is 7. The average molecular weight is 716 g/mol. The van der Waals surface area contributed by atoms with Gasteiger partial charge in [0.05, 0.1) is 18.4 Å². The van der Waals surface area contributed by atoms with E-state index in [9.17, 15) is 19.2 Å². The van der Waals surface area contributed by atoms with Gasteiger partial charge in [0, 0.05) is 21.0 Å². The molecular weight excluding hydrogens is 679 g/mol. The zero-order valence-electron chi connectivity index (χ0n) is 28.2. The van der Waals surface area contributed by atoms with Gasteiger partial charge in [-0.05, 0) is 90.8 Å². The Morgan fingerprint density at radius 2 is 1.61 bits per heavy atom. The number of anilines is 2. The maximum atomic E-state index is 13.6. The summed E-state index contributed by atoms with van der Waals surface area (Å²) in [5.74, 6) is -1.17. The van der Waals surface area contributed by atoms with Crippen LogP contribution in [0.2, 0.25) is 0 Å². The maximum Gasteiger partial charge on any atom is 0.341 e. The molecule has 0 radical (unpaired) electrons. The molecule has 1 aromatic heterocycles. The van der Waals surface area contributed by atoms with Crippen LogP contribution in [0.5, 0.6) is 0 Å². The molecule has 1 heterocycles. The van der Waals surface area contributed by atoms with Crippen LogP contribution in [0.1, 0.15) is 60.2 Å². The summed E-state index contributed by atoms with van der Waals surface area (Å²) >= 11 is 2.75. The Bertz CT molecular complexity index is 2090. The van der Waals surface area contributed by atoms with Gasteiger partial charge in [-0.25, -0.2) is 4.79 Å². The largest absolute Gasteiger partial charge is 0.465 e. The van der Waals surface area contributed by atoms with E-state index in [0.717, 1.165) is 45.7 Å². The molecule has 8 nitrogen and oxygen atoms in total. The van der Waals surface area contributed by atoms with Gasteiger partial charge in [0.2, 0.25) is 5.91 Å². The quantitative estimate of drug-likeness (QED) is 0.0721. The summed E-state index contributed by atoms with van der Waals surface area (Å²) in [5, 5.41) is 9.14. The first-order valence-corrected chi connectivity index (χ1v) is 18.3. The van der Waals surface area contributed by atoms with Gasteiger partial charge >= 0.3 is 5.97 Å². The number of thiophene rings is 1. The SMILES string of the molecule is COC(=O)c1c(NC(=O)CSc2cccc(NC(=O)/C(=C/c3ccccc3C)NC(=O)c3ccccc3)c2)sc2c1CCC(c1ccccc1)C2. The third kappa shape index (κ3) is 8.83. The van der Waals surface area contributed by atoms with E-state index in [1.807, 2.05) is 61.5 Å². The highest BCUT2D eigenvalue weighted by atomic mass is 32.2. The third-order valence-electron chi connectivity index (χ3n) is 8.66. The van der Waals surface area contributed by atoms with Crippen molar-refractivity contribution >= 4 is 63.6 Å². The highest BCUT2D eigenvalue weighted by molar-refractivity contribution is 8.00. The van der Waals surface area contributed by atoms with Crippen molar-refractivity contribution < 1.29 is 23.9 Å².